The Balaban J connectivity index is 1.62. The Hall–Kier alpha value is -2.83. The third-order valence-electron chi connectivity index (χ3n) is 7.01. The molecule has 1 aliphatic carbocycles. The summed E-state index contributed by atoms with van der Waals surface area (Å²) in [5, 5.41) is 3.81. The van der Waals surface area contributed by atoms with Gasteiger partial charge in [0.25, 0.3) is 5.91 Å². The first-order chi connectivity index (χ1) is 18.4. The molecule has 7 heteroatoms. The normalized spacial score (nSPS) is 14.5. The van der Waals surface area contributed by atoms with Gasteiger partial charge in [-0.2, -0.15) is 0 Å². The van der Waals surface area contributed by atoms with Crippen molar-refractivity contribution < 1.29 is 14.3 Å². The quantitative estimate of drug-likeness (QED) is 0.277. The van der Waals surface area contributed by atoms with Crippen molar-refractivity contribution in [3.8, 4) is 5.75 Å². The summed E-state index contributed by atoms with van der Waals surface area (Å²) in [4.78, 5) is 29.2. The third-order valence-corrected chi connectivity index (χ3v) is 8.27. The molecule has 1 N–H and O–H groups in total. The van der Waals surface area contributed by atoms with Crippen LogP contribution in [-0.4, -0.2) is 35.4 Å². The molecule has 5 nitrogen and oxygen atoms in total. The van der Waals surface area contributed by atoms with Crippen molar-refractivity contribution in [1.29, 1.82) is 0 Å². The van der Waals surface area contributed by atoms with Crippen LogP contribution in [0, 0.1) is 6.92 Å². The summed E-state index contributed by atoms with van der Waals surface area (Å²) in [7, 11) is 0. The fourth-order valence-electron chi connectivity index (χ4n) is 4.84. The predicted molar refractivity (Wildman–Crippen MR) is 155 cm³/mol. The van der Waals surface area contributed by atoms with Gasteiger partial charge < -0.3 is 15.0 Å². The number of halogens is 2. The summed E-state index contributed by atoms with van der Waals surface area (Å²) in [6, 6.07) is 22.3. The first-order valence-electron chi connectivity index (χ1n) is 13.2. The van der Waals surface area contributed by atoms with E-state index in [1.165, 1.54) is 6.42 Å². The Morgan fingerprint density at radius 2 is 1.74 bits per heavy atom. The molecule has 38 heavy (non-hydrogen) atoms. The van der Waals surface area contributed by atoms with E-state index >= 15 is 0 Å². The van der Waals surface area contributed by atoms with Crippen LogP contribution in [0.3, 0.4) is 0 Å². The molecular weight excluding hydrogens is 564 g/mol. The Kier molecular flexibility index (Phi) is 10.2. The number of rotatable bonds is 10. The van der Waals surface area contributed by atoms with Crippen molar-refractivity contribution in [1.82, 2.24) is 10.2 Å². The maximum Gasteiger partial charge on any atom is 0.261 e. The Bertz CT molecular complexity index is 1230. The topological polar surface area (TPSA) is 58.6 Å². The van der Waals surface area contributed by atoms with E-state index in [1.807, 2.05) is 73.7 Å². The van der Waals surface area contributed by atoms with Gasteiger partial charge in [0.05, 0.1) is 0 Å². The van der Waals surface area contributed by atoms with Crippen molar-refractivity contribution in [2.24, 2.45) is 0 Å². The van der Waals surface area contributed by atoms with Gasteiger partial charge in [-0.1, -0.05) is 95.3 Å². The largest absolute Gasteiger partial charge is 0.484 e. The van der Waals surface area contributed by atoms with Crippen molar-refractivity contribution >= 4 is 39.3 Å². The molecule has 0 aliphatic heterocycles. The lowest BCUT2D eigenvalue weighted by Crippen LogP contribution is -2.53. The van der Waals surface area contributed by atoms with Gasteiger partial charge in [-0.15, -0.1) is 0 Å². The summed E-state index contributed by atoms with van der Waals surface area (Å²) in [6.45, 7) is 1.98. The lowest BCUT2D eigenvalue weighted by molar-refractivity contribution is -0.143. The van der Waals surface area contributed by atoms with Crippen LogP contribution in [0.15, 0.2) is 77.3 Å². The minimum absolute atomic E-state index is 0.133. The Morgan fingerprint density at radius 1 is 1.03 bits per heavy atom. The number of aryl methyl sites for hydroxylation is 1. The van der Waals surface area contributed by atoms with Crippen LogP contribution in [-0.2, 0) is 22.6 Å². The zero-order chi connectivity index (χ0) is 26.9. The molecule has 200 valence electrons. The van der Waals surface area contributed by atoms with Crippen LogP contribution in [0.4, 0.5) is 0 Å². The van der Waals surface area contributed by atoms with Gasteiger partial charge in [0.2, 0.25) is 5.91 Å². The van der Waals surface area contributed by atoms with Crippen molar-refractivity contribution in [3.05, 3.63) is 99.0 Å². The Morgan fingerprint density at radius 3 is 2.45 bits per heavy atom. The van der Waals surface area contributed by atoms with E-state index in [4.69, 9.17) is 16.3 Å². The average molecular weight is 598 g/mol. The second-order valence-electron chi connectivity index (χ2n) is 9.86. The highest BCUT2D eigenvalue weighted by molar-refractivity contribution is 9.10. The van der Waals surface area contributed by atoms with Gasteiger partial charge in [-0.3, -0.25) is 9.59 Å². The minimum Gasteiger partial charge on any atom is -0.484 e. The van der Waals surface area contributed by atoms with Crippen LogP contribution >= 0.6 is 27.5 Å². The van der Waals surface area contributed by atoms with E-state index in [1.54, 1.807) is 11.0 Å². The number of carbonyl (C=O) groups excluding carboxylic acids is 2. The molecule has 4 rings (SSSR count). The molecule has 3 aromatic rings. The number of nitrogens with zero attached hydrogens (tertiary/aromatic N) is 1. The molecule has 2 amide bonds. The second kappa shape index (κ2) is 13.8. The van der Waals surface area contributed by atoms with Crippen LogP contribution in [0.25, 0.3) is 0 Å². The molecule has 0 aromatic heterocycles. The number of nitrogens with one attached hydrogen (secondary N) is 1. The van der Waals surface area contributed by atoms with E-state index in [9.17, 15) is 9.59 Å². The van der Waals surface area contributed by atoms with E-state index in [2.05, 4.69) is 21.2 Å². The standard InChI is InChI=1S/C31H34BrClN2O3/c1-22-18-26(16-17-27(22)32)38-21-30(36)35(20-24-12-8-9-15-28(24)33)29(19-23-10-4-2-5-11-23)31(37)34-25-13-6-3-7-14-25/h2,4-5,8-12,15-18,25,29H,3,6-7,13-14,19-21H2,1H3,(H,34,37)/t29-/m0/s1. The first kappa shape index (κ1) is 28.2. The lowest BCUT2D eigenvalue weighted by Gasteiger charge is -2.33. The van der Waals surface area contributed by atoms with Crippen LogP contribution in [0.5, 0.6) is 5.75 Å². The molecule has 1 atom stereocenters. The number of benzene rings is 3. The van der Waals surface area contributed by atoms with Gasteiger partial charge >= 0.3 is 0 Å². The number of carbonyl (C=O) groups is 2. The Labute approximate surface area is 238 Å². The van der Waals surface area contributed by atoms with Crippen molar-refractivity contribution in [2.75, 3.05) is 6.61 Å². The summed E-state index contributed by atoms with van der Waals surface area (Å²) in [5.41, 5.74) is 2.78. The summed E-state index contributed by atoms with van der Waals surface area (Å²) in [5.74, 6) is 0.189. The van der Waals surface area contributed by atoms with Gasteiger partial charge in [-0.25, -0.2) is 0 Å². The molecule has 0 heterocycles. The predicted octanol–water partition coefficient (Wildman–Crippen LogP) is 6.88. The zero-order valence-corrected chi connectivity index (χ0v) is 24.0. The van der Waals surface area contributed by atoms with E-state index < -0.39 is 6.04 Å². The van der Waals surface area contributed by atoms with Crippen LogP contribution in [0.1, 0.15) is 48.8 Å². The molecule has 1 fully saturated rings. The number of hydrogen-bond acceptors (Lipinski definition) is 3. The highest BCUT2D eigenvalue weighted by Crippen LogP contribution is 2.24. The van der Waals surface area contributed by atoms with Crippen LogP contribution in [0.2, 0.25) is 5.02 Å². The first-order valence-corrected chi connectivity index (χ1v) is 14.3. The fourth-order valence-corrected chi connectivity index (χ4v) is 5.29. The molecule has 0 radical (unpaired) electrons. The molecule has 0 saturated heterocycles. The minimum atomic E-state index is -0.710. The van der Waals surface area contributed by atoms with Gasteiger partial charge in [0, 0.05) is 28.5 Å². The zero-order valence-electron chi connectivity index (χ0n) is 21.7. The van der Waals surface area contributed by atoms with E-state index in [0.717, 1.165) is 46.8 Å². The van der Waals surface area contributed by atoms with Gasteiger partial charge in [0.1, 0.15) is 11.8 Å². The summed E-state index contributed by atoms with van der Waals surface area (Å²) in [6.07, 6.45) is 5.74. The van der Waals surface area contributed by atoms with Crippen molar-refractivity contribution in [2.45, 2.75) is 64.1 Å². The third kappa shape index (κ3) is 7.84. The van der Waals surface area contributed by atoms with Crippen LogP contribution < -0.4 is 10.1 Å². The van der Waals surface area contributed by atoms with Crippen molar-refractivity contribution in [3.63, 3.8) is 0 Å². The lowest BCUT2D eigenvalue weighted by atomic mass is 9.94. The summed E-state index contributed by atoms with van der Waals surface area (Å²) >= 11 is 10.00. The number of hydrogen-bond donors (Lipinski definition) is 1. The molecule has 1 aliphatic rings. The molecule has 0 spiro atoms. The molecule has 0 unspecified atom stereocenters. The second-order valence-corrected chi connectivity index (χ2v) is 11.1. The van der Waals surface area contributed by atoms with Gasteiger partial charge in [0.15, 0.2) is 6.61 Å². The number of amides is 2. The fraction of sp³-hybridized carbons (Fsp3) is 0.355. The molecule has 0 bridgehead atoms. The molecular formula is C31H34BrClN2O3. The maximum atomic E-state index is 13.8. The van der Waals surface area contributed by atoms with E-state index in [-0.39, 0.29) is 31.0 Å². The highest BCUT2D eigenvalue weighted by atomic mass is 79.9. The number of ether oxygens (including phenoxy) is 1. The SMILES string of the molecule is Cc1cc(OCC(=O)N(Cc2ccccc2Cl)[C@@H](Cc2ccccc2)C(=O)NC2CCCCC2)ccc1Br. The van der Waals surface area contributed by atoms with E-state index in [0.29, 0.717) is 17.2 Å². The highest BCUT2D eigenvalue weighted by Gasteiger charge is 2.32. The maximum absolute atomic E-state index is 13.8. The monoisotopic (exact) mass is 596 g/mol. The summed E-state index contributed by atoms with van der Waals surface area (Å²) < 4.78 is 6.88. The smallest absolute Gasteiger partial charge is 0.261 e. The average Bonchev–Trinajstić information content (AvgIpc) is 2.93. The molecule has 1 saturated carbocycles. The molecule has 3 aromatic carbocycles. The van der Waals surface area contributed by atoms with Gasteiger partial charge in [-0.05, 0) is 60.7 Å².